The number of non-ortho nitro benzene ring substituents is 1. The first-order valence-corrected chi connectivity index (χ1v) is 10.3. The molecule has 4 aromatic carbocycles. The zero-order chi connectivity index (χ0) is 23.9. The first kappa shape index (κ1) is 22.5. The molecule has 0 saturated heterocycles. The third-order valence-corrected chi connectivity index (χ3v) is 4.90. The summed E-state index contributed by atoms with van der Waals surface area (Å²) >= 11 is 0. The number of nitro groups is 1. The van der Waals surface area contributed by atoms with Crippen molar-refractivity contribution in [3.05, 3.63) is 107 Å². The smallest absolute Gasteiger partial charge is 0.344 e. The van der Waals surface area contributed by atoms with Crippen LogP contribution in [-0.2, 0) is 9.53 Å². The highest BCUT2D eigenvalue weighted by molar-refractivity contribution is 5.98. The lowest BCUT2D eigenvalue weighted by Gasteiger charge is -2.08. The second-order valence-corrected chi connectivity index (χ2v) is 7.26. The molecule has 8 heteroatoms. The molecule has 0 bridgehead atoms. The number of nitro benzene ring substituents is 1. The Morgan fingerprint density at radius 1 is 0.735 bits per heavy atom. The number of fused-ring (bicyclic) bond motifs is 1. The molecular formula is C26H19NO7. The number of ketones is 1. The van der Waals surface area contributed by atoms with Gasteiger partial charge in [-0.25, -0.2) is 4.79 Å². The van der Waals surface area contributed by atoms with E-state index in [9.17, 15) is 19.7 Å². The van der Waals surface area contributed by atoms with Gasteiger partial charge in [0, 0.05) is 17.7 Å². The van der Waals surface area contributed by atoms with Crippen molar-refractivity contribution in [3.63, 3.8) is 0 Å². The Hall–Kier alpha value is -4.72. The highest BCUT2D eigenvalue weighted by atomic mass is 16.6. The van der Waals surface area contributed by atoms with Gasteiger partial charge in [0.25, 0.3) is 5.69 Å². The molecule has 0 aliphatic rings. The zero-order valence-electron chi connectivity index (χ0n) is 17.9. The van der Waals surface area contributed by atoms with E-state index in [0.29, 0.717) is 22.8 Å². The Bertz CT molecular complexity index is 1330. The van der Waals surface area contributed by atoms with Gasteiger partial charge in [0.15, 0.2) is 19.0 Å². The van der Waals surface area contributed by atoms with Crippen LogP contribution in [0.2, 0.25) is 0 Å². The number of nitrogens with zero attached hydrogens (tertiary/aromatic N) is 1. The van der Waals surface area contributed by atoms with Gasteiger partial charge in [0.05, 0.1) is 4.92 Å². The SMILES string of the molecule is O=C(COc1ccc2ccccc2c1)OCC(=O)c1ccc(Oc2ccc([N+](=O)[O-])cc2)cc1. The van der Waals surface area contributed by atoms with Gasteiger partial charge in [0.1, 0.15) is 17.2 Å². The van der Waals surface area contributed by atoms with Crippen LogP contribution in [0.25, 0.3) is 10.8 Å². The molecule has 170 valence electrons. The van der Waals surface area contributed by atoms with Crippen LogP contribution >= 0.6 is 0 Å². The molecule has 0 atom stereocenters. The van der Waals surface area contributed by atoms with Crippen molar-refractivity contribution in [2.75, 3.05) is 13.2 Å². The van der Waals surface area contributed by atoms with E-state index in [0.717, 1.165) is 10.8 Å². The van der Waals surface area contributed by atoms with Crippen molar-refractivity contribution in [1.82, 2.24) is 0 Å². The monoisotopic (exact) mass is 457 g/mol. The molecule has 0 fully saturated rings. The van der Waals surface area contributed by atoms with E-state index in [1.54, 1.807) is 30.3 Å². The Labute approximate surface area is 194 Å². The Balaban J connectivity index is 1.25. The molecule has 0 amide bonds. The van der Waals surface area contributed by atoms with Gasteiger partial charge in [-0.05, 0) is 59.3 Å². The second-order valence-electron chi connectivity index (χ2n) is 7.26. The van der Waals surface area contributed by atoms with Crippen LogP contribution in [0.1, 0.15) is 10.4 Å². The quantitative estimate of drug-likeness (QED) is 0.144. The number of benzene rings is 4. The summed E-state index contributed by atoms with van der Waals surface area (Å²) in [7, 11) is 0. The largest absolute Gasteiger partial charge is 0.482 e. The molecule has 0 saturated carbocycles. The van der Waals surface area contributed by atoms with Gasteiger partial charge >= 0.3 is 5.97 Å². The molecule has 0 N–H and O–H groups in total. The molecule has 34 heavy (non-hydrogen) atoms. The number of Topliss-reactive ketones (excluding diaryl/α,β-unsaturated/α-hetero) is 1. The summed E-state index contributed by atoms with van der Waals surface area (Å²) in [5, 5.41) is 12.8. The van der Waals surface area contributed by atoms with Gasteiger partial charge in [-0.15, -0.1) is 0 Å². The van der Waals surface area contributed by atoms with Crippen LogP contribution in [0.4, 0.5) is 5.69 Å². The first-order chi connectivity index (χ1) is 16.5. The Morgan fingerprint density at radius 2 is 1.35 bits per heavy atom. The van der Waals surface area contributed by atoms with Crippen molar-refractivity contribution in [2.45, 2.75) is 0 Å². The fourth-order valence-electron chi connectivity index (χ4n) is 3.15. The van der Waals surface area contributed by atoms with Crippen LogP contribution in [-0.4, -0.2) is 29.9 Å². The minimum absolute atomic E-state index is 0.0366. The van der Waals surface area contributed by atoms with Gasteiger partial charge in [-0.3, -0.25) is 14.9 Å². The van der Waals surface area contributed by atoms with E-state index in [-0.39, 0.29) is 18.1 Å². The van der Waals surface area contributed by atoms with Crippen LogP contribution in [0.5, 0.6) is 17.2 Å². The maximum Gasteiger partial charge on any atom is 0.344 e. The maximum absolute atomic E-state index is 12.3. The fourth-order valence-corrected chi connectivity index (χ4v) is 3.15. The normalized spacial score (nSPS) is 10.5. The first-order valence-electron chi connectivity index (χ1n) is 10.3. The number of carbonyl (C=O) groups excluding carboxylic acids is 2. The third-order valence-electron chi connectivity index (χ3n) is 4.90. The number of rotatable bonds is 9. The van der Waals surface area contributed by atoms with Gasteiger partial charge in [-0.2, -0.15) is 0 Å². The van der Waals surface area contributed by atoms with Crippen molar-refractivity contribution >= 4 is 28.2 Å². The highest BCUT2D eigenvalue weighted by Crippen LogP contribution is 2.24. The molecule has 0 unspecified atom stereocenters. The molecule has 0 aliphatic carbocycles. The molecule has 0 heterocycles. The highest BCUT2D eigenvalue weighted by Gasteiger charge is 2.12. The molecule has 0 radical (unpaired) electrons. The van der Waals surface area contributed by atoms with E-state index in [4.69, 9.17) is 14.2 Å². The average Bonchev–Trinajstić information content (AvgIpc) is 2.86. The molecule has 8 nitrogen and oxygen atoms in total. The van der Waals surface area contributed by atoms with E-state index < -0.39 is 17.5 Å². The van der Waals surface area contributed by atoms with E-state index in [1.165, 1.54) is 24.3 Å². The predicted octanol–water partition coefficient (Wildman–Crippen LogP) is 5.35. The van der Waals surface area contributed by atoms with Gasteiger partial charge < -0.3 is 14.2 Å². The third kappa shape index (κ3) is 5.74. The van der Waals surface area contributed by atoms with Crippen molar-refractivity contribution in [2.24, 2.45) is 0 Å². The number of hydrogen-bond donors (Lipinski definition) is 0. The minimum Gasteiger partial charge on any atom is -0.482 e. The summed E-state index contributed by atoms with van der Waals surface area (Å²) in [6.07, 6.45) is 0. The number of carbonyl (C=O) groups is 2. The summed E-state index contributed by atoms with van der Waals surface area (Å²) in [5.74, 6) is 0.377. The van der Waals surface area contributed by atoms with Crippen molar-refractivity contribution in [1.29, 1.82) is 0 Å². The lowest BCUT2D eigenvalue weighted by molar-refractivity contribution is -0.384. The average molecular weight is 457 g/mol. The Morgan fingerprint density at radius 3 is 2.03 bits per heavy atom. The number of ether oxygens (including phenoxy) is 3. The minimum atomic E-state index is -0.653. The summed E-state index contributed by atoms with van der Waals surface area (Å²) in [5.41, 5.74) is 0.310. The Kier molecular flexibility index (Phi) is 6.78. The van der Waals surface area contributed by atoms with E-state index >= 15 is 0 Å². The fraction of sp³-hybridized carbons (Fsp3) is 0.0769. The van der Waals surface area contributed by atoms with Gasteiger partial charge in [-0.1, -0.05) is 30.3 Å². The summed E-state index contributed by atoms with van der Waals surface area (Å²) in [6.45, 7) is -0.726. The summed E-state index contributed by atoms with van der Waals surface area (Å²) in [4.78, 5) is 34.5. The van der Waals surface area contributed by atoms with E-state index in [2.05, 4.69) is 0 Å². The molecule has 4 rings (SSSR count). The van der Waals surface area contributed by atoms with Crippen LogP contribution in [0, 0.1) is 10.1 Å². The molecule has 4 aromatic rings. The van der Waals surface area contributed by atoms with E-state index in [1.807, 2.05) is 36.4 Å². The van der Waals surface area contributed by atoms with Crippen molar-refractivity contribution in [3.8, 4) is 17.2 Å². The van der Waals surface area contributed by atoms with Crippen LogP contribution in [0.15, 0.2) is 91.0 Å². The molecule has 0 aromatic heterocycles. The lowest BCUT2D eigenvalue weighted by atomic mass is 10.1. The molecule has 0 aliphatic heterocycles. The van der Waals surface area contributed by atoms with Crippen LogP contribution in [0.3, 0.4) is 0 Å². The lowest BCUT2D eigenvalue weighted by Crippen LogP contribution is -2.19. The number of hydrogen-bond acceptors (Lipinski definition) is 7. The summed E-state index contributed by atoms with van der Waals surface area (Å²) in [6, 6.07) is 25.2. The van der Waals surface area contributed by atoms with Crippen molar-refractivity contribution < 1.29 is 28.7 Å². The predicted molar refractivity (Wildman–Crippen MR) is 124 cm³/mol. The maximum atomic E-state index is 12.3. The molecule has 0 spiro atoms. The number of esters is 1. The second kappa shape index (κ2) is 10.3. The zero-order valence-corrected chi connectivity index (χ0v) is 17.9. The topological polar surface area (TPSA) is 105 Å². The van der Waals surface area contributed by atoms with Gasteiger partial charge in [0.2, 0.25) is 0 Å². The molecular weight excluding hydrogens is 438 g/mol. The summed E-state index contributed by atoms with van der Waals surface area (Å²) < 4.78 is 16.1. The van der Waals surface area contributed by atoms with Crippen LogP contribution < -0.4 is 9.47 Å². The standard InChI is InChI=1S/C26H19NO7/c28-25(16-33-26(29)17-32-24-12-5-18-3-1-2-4-20(18)15-24)19-6-10-22(11-7-19)34-23-13-8-21(9-14-23)27(30)31/h1-15H,16-17H2.